The van der Waals surface area contributed by atoms with Crippen molar-refractivity contribution in [1.29, 1.82) is 0 Å². The monoisotopic (exact) mass is 398 g/mol. The van der Waals surface area contributed by atoms with E-state index in [1.165, 1.54) is 0 Å². The maximum absolute atomic E-state index is 12.9. The summed E-state index contributed by atoms with van der Waals surface area (Å²) in [5.41, 5.74) is 1.88. The second kappa shape index (κ2) is 9.64. The molecule has 0 aliphatic carbocycles. The molecule has 2 aromatic rings. The van der Waals surface area contributed by atoms with Crippen molar-refractivity contribution in [2.45, 2.75) is 32.7 Å². The SMILES string of the molecule is CCOc1ccccc1N=C1SC[C@H](C)N1C(=O)CCc1ccc(OC)cc1. The summed E-state index contributed by atoms with van der Waals surface area (Å²) in [6.45, 7) is 4.59. The molecule has 1 atom stereocenters. The minimum Gasteiger partial charge on any atom is -0.497 e. The Morgan fingerprint density at radius 2 is 1.96 bits per heavy atom. The van der Waals surface area contributed by atoms with E-state index in [2.05, 4.69) is 6.92 Å². The molecule has 1 saturated heterocycles. The Labute approximate surface area is 170 Å². The summed E-state index contributed by atoms with van der Waals surface area (Å²) in [5.74, 6) is 2.51. The summed E-state index contributed by atoms with van der Waals surface area (Å²) in [4.78, 5) is 19.5. The fraction of sp³-hybridized carbons (Fsp3) is 0.364. The molecule has 5 nitrogen and oxygen atoms in total. The van der Waals surface area contributed by atoms with Crippen LogP contribution in [0, 0.1) is 0 Å². The summed E-state index contributed by atoms with van der Waals surface area (Å²) in [6, 6.07) is 15.7. The Balaban J connectivity index is 1.72. The van der Waals surface area contributed by atoms with Crippen molar-refractivity contribution in [2.75, 3.05) is 19.5 Å². The molecule has 1 amide bonds. The Hall–Kier alpha value is -2.47. The standard InChI is InChI=1S/C22H26N2O3S/c1-4-27-20-8-6-5-7-19(20)23-22-24(16(2)15-28-22)21(25)14-11-17-9-12-18(26-3)13-10-17/h5-10,12-13,16H,4,11,14-15H2,1-3H3/t16-/m0/s1. The third-order valence-corrected chi connectivity index (χ3v) is 5.73. The van der Waals surface area contributed by atoms with Crippen molar-refractivity contribution in [3.63, 3.8) is 0 Å². The molecule has 1 fully saturated rings. The van der Waals surface area contributed by atoms with Gasteiger partial charge in [0.1, 0.15) is 17.2 Å². The van der Waals surface area contributed by atoms with Crippen LogP contribution in [-0.2, 0) is 11.2 Å². The number of nitrogens with zero attached hydrogens (tertiary/aromatic N) is 2. The number of thioether (sulfide) groups is 1. The molecule has 0 unspecified atom stereocenters. The highest BCUT2D eigenvalue weighted by atomic mass is 32.2. The van der Waals surface area contributed by atoms with Crippen molar-refractivity contribution in [3.05, 3.63) is 54.1 Å². The van der Waals surface area contributed by atoms with Crippen LogP contribution in [0.5, 0.6) is 11.5 Å². The summed E-state index contributed by atoms with van der Waals surface area (Å²) < 4.78 is 10.8. The second-order valence-electron chi connectivity index (χ2n) is 6.57. The van der Waals surface area contributed by atoms with E-state index in [1.807, 2.05) is 60.4 Å². The number of hydrogen-bond acceptors (Lipinski definition) is 5. The molecule has 1 aliphatic rings. The average molecular weight is 399 g/mol. The lowest BCUT2D eigenvalue weighted by molar-refractivity contribution is -0.128. The number of hydrogen-bond donors (Lipinski definition) is 0. The third kappa shape index (κ3) is 4.87. The summed E-state index contributed by atoms with van der Waals surface area (Å²) >= 11 is 1.62. The molecule has 28 heavy (non-hydrogen) atoms. The van der Waals surface area contributed by atoms with E-state index >= 15 is 0 Å². The molecule has 3 rings (SSSR count). The normalized spacial score (nSPS) is 17.8. The molecule has 0 radical (unpaired) electrons. The highest BCUT2D eigenvalue weighted by molar-refractivity contribution is 8.14. The highest BCUT2D eigenvalue weighted by Crippen LogP contribution is 2.32. The van der Waals surface area contributed by atoms with Crippen molar-refractivity contribution in [3.8, 4) is 11.5 Å². The van der Waals surface area contributed by atoms with Gasteiger partial charge in [-0.1, -0.05) is 36.0 Å². The first-order chi connectivity index (χ1) is 13.6. The third-order valence-electron chi connectivity index (χ3n) is 4.54. The van der Waals surface area contributed by atoms with Gasteiger partial charge in [0.15, 0.2) is 5.17 Å². The summed E-state index contributed by atoms with van der Waals surface area (Å²) in [6.07, 6.45) is 1.14. The smallest absolute Gasteiger partial charge is 0.229 e. The predicted octanol–water partition coefficient (Wildman–Crippen LogP) is 4.68. The van der Waals surface area contributed by atoms with E-state index in [1.54, 1.807) is 18.9 Å². The van der Waals surface area contributed by atoms with Gasteiger partial charge >= 0.3 is 0 Å². The van der Waals surface area contributed by atoms with Crippen molar-refractivity contribution in [2.24, 2.45) is 4.99 Å². The van der Waals surface area contributed by atoms with Gasteiger partial charge in [0.05, 0.1) is 13.7 Å². The topological polar surface area (TPSA) is 51.1 Å². The number of carbonyl (C=O) groups is 1. The molecule has 2 aromatic carbocycles. The number of aryl methyl sites for hydroxylation is 1. The van der Waals surface area contributed by atoms with E-state index < -0.39 is 0 Å². The highest BCUT2D eigenvalue weighted by Gasteiger charge is 2.32. The van der Waals surface area contributed by atoms with Gasteiger partial charge in [-0.15, -0.1) is 0 Å². The van der Waals surface area contributed by atoms with Crippen LogP contribution in [0.3, 0.4) is 0 Å². The predicted molar refractivity (Wildman–Crippen MR) is 115 cm³/mol. The number of benzene rings is 2. The van der Waals surface area contributed by atoms with Gasteiger partial charge in [0.2, 0.25) is 5.91 Å². The maximum Gasteiger partial charge on any atom is 0.229 e. The zero-order valence-corrected chi connectivity index (χ0v) is 17.4. The first-order valence-electron chi connectivity index (χ1n) is 9.50. The first kappa shape index (κ1) is 20.3. The van der Waals surface area contributed by atoms with Gasteiger partial charge in [-0.3, -0.25) is 9.69 Å². The number of methoxy groups -OCH3 is 1. The van der Waals surface area contributed by atoms with Crippen LogP contribution in [0.1, 0.15) is 25.8 Å². The first-order valence-corrected chi connectivity index (χ1v) is 10.5. The van der Waals surface area contributed by atoms with Gasteiger partial charge in [-0.05, 0) is 50.1 Å². The van der Waals surface area contributed by atoms with Gasteiger partial charge in [-0.25, -0.2) is 4.99 Å². The van der Waals surface area contributed by atoms with Crippen molar-refractivity contribution >= 4 is 28.5 Å². The van der Waals surface area contributed by atoms with E-state index in [4.69, 9.17) is 14.5 Å². The number of ether oxygens (including phenoxy) is 2. The van der Waals surface area contributed by atoms with E-state index in [0.29, 0.717) is 19.4 Å². The average Bonchev–Trinajstić information content (AvgIpc) is 3.08. The number of para-hydroxylation sites is 2. The van der Waals surface area contributed by atoms with Crippen LogP contribution in [0.4, 0.5) is 5.69 Å². The molecular weight excluding hydrogens is 372 g/mol. The van der Waals surface area contributed by atoms with Gasteiger partial charge in [0, 0.05) is 18.2 Å². The largest absolute Gasteiger partial charge is 0.497 e. The van der Waals surface area contributed by atoms with E-state index in [0.717, 1.165) is 33.7 Å². The lowest BCUT2D eigenvalue weighted by atomic mass is 10.1. The zero-order valence-electron chi connectivity index (χ0n) is 16.6. The van der Waals surface area contributed by atoms with Crippen LogP contribution < -0.4 is 9.47 Å². The number of amides is 1. The Morgan fingerprint density at radius 3 is 2.68 bits per heavy atom. The molecule has 6 heteroatoms. The Morgan fingerprint density at radius 1 is 1.21 bits per heavy atom. The summed E-state index contributed by atoms with van der Waals surface area (Å²) in [5, 5.41) is 0.749. The maximum atomic E-state index is 12.9. The van der Waals surface area contributed by atoms with Gasteiger partial charge in [0.25, 0.3) is 0 Å². The summed E-state index contributed by atoms with van der Waals surface area (Å²) in [7, 11) is 1.65. The van der Waals surface area contributed by atoms with E-state index in [9.17, 15) is 4.79 Å². The number of aliphatic imine (C=N–C) groups is 1. The molecule has 0 saturated carbocycles. The molecule has 0 spiro atoms. The minimum atomic E-state index is 0.0981. The lowest BCUT2D eigenvalue weighted by Crippen LogP contribution is -2.37. The van der Waals surface area contributed by atoms with Gasteiger partial charge < -0.3 is 9.47 Å². The molecule has 1 heterocycles. The van der Waals surface area contributed by atoms with Gasteiger partial charge in [-0.2, -0.15) is 0 Å². The number of rotatable bonds is 7. The number of amidine groups is 1. The van der Waals surface area contributed by atoms with Crippen LogP contribution in [0.25, 0.3) is 0 Å². The molecule has 0 N–H and O–H groups in total. The van der Waals surface area contributed by atoms with E-state index in [-0.39, 0.29) is 11.9 Å². The molecule has 1 aliphatic heterocycles. The minimum absolute atomic E-state index is 0.0981. The van der Waals surface area contributed by atoms with Crippen molar-refractivity contribution in [1.82, 2.24) is 4.90 Å². The number of carbonyl (C=O) groups excluding carboxylic acids is 1. The van der Waals surface area contributed by atoms with Crippen LogP contribution in [-0.4, -0.2) is 41.5 Å². The van der Waals surface area contributed by atoms with Crippen LogP contribution in [0.2, 0.25) is 0 Å². The Kier molecular flexibility index (Phi) is 6.98. The van der Waals surface area contributed by atoms with Crippen molar-refractivity contribution < 1.29 is 14.3 Å². The second-order valence-corrected chi connectivity index (χ2v) is 7.55. The van der Waals surface area contributed by atoms with Crippen LogP contribution in [0.15, 0.2) is 53.5 Å². The molecule has 148 valence electrons. The fourth-order valence-electron chi connectivity index (χ4n) is 3.06. The zero-order chi connectivity index (χ0) is 19.9. The quantitative estimate of drug-likeness (QED) is 0.680. The molecule has 0 bridgehead atoms. The molecule has 0 aromatic heterocycles. The lowest BCUT2D eigenvalue weighted by Gasteiger charge is -2.21. The molecular formula is C22H26N2O3S. The van der Waals surface area contributed by atoms with Crippen LogP contribution >= 0.6 is 11.8 Å². The Bertz CT molecular complexity index is 836. The fourth-order valence-corrected chi connectivity index (χ4v) is 4.18.